The van der Waals surface area contributed by atoms with E-state index in [0.717, 1.165) is 24.4 Å². The lowest BCUT2D eigenvalue weighted by atomic mass is 9.95. The first kappa shape index (κ1) is 14.7. The largest absolute Gasteiger partial charge is 0.478 e. The summed E-state index contributed by atoms with van der Waals surface area (Å²) in [4.78, 5) is 17.8. The highest BCUT2D eigenvalue weighted by Crippen LogP contribution is 2.21. The van der Waals surface area contributed by atoms with Crippen LogP contribution in [0.5, 0.6) is 5.88 Å². The second kappa shape index (κ2) is 6.68. The Balaban J connectivity index is 1.71. The molecule has 0 saturated carbocycles. The highest BCUT2D eigenvalue weighted by molar-refractivity contribution is 5.30. The van der Waals surface area contributed by atoms with Gasteiger partial charge in [-0.3, -0.25) is 0 Å². The Morgan fingerprint density at radius 3 is 2.91 bits per heavy atom. The summed E-state index contributed by atoms with van der Waals surface area (Å²) in [5.74, 6) is 1.90. The molecule has 0 amide bonds. The van der Waals surface area contributed by atoms with Gasteiger partial charge in [-0.1, -0.05) is 0 Å². The van der Waals surface area contributed by atoms with Gasteiger partial charge in [0, 0.05) is 23.7 Å². The monoisotopic (exact) mass is 299 g/mol. The molecule has 0 unspecified atom stereocenters. The van der Waals surface area contributed by atoms with Crippen molar-refractivity contribution < 1.29 is 4.74 Å². The molecule has 116 valence electrons. The van der Waals surface area contributed by atoms with Crippen LogP contribution in [0.3, 0.4) is 0 Å². The molecule has 2 heterocycles. The Morgan fingerprint density at radius 2 is 2.05 bits per heavy atom. The quantitative estimate of drug-likeness (QED) is 0.914. The molecule has 6 heteroatoms. The third-order valence-corrected chi connectivity index (χ3v) is 3.76. The number of hydrogen-bond donors (Lipinski definition) is 1. The van der Waals surface area contributed by atoms with Crippen LogP contribution >= 0.6 is 0 Å². The number of rotatable bonds is 5. The minimum atomic E-state index is 0.518. The van der Waals surface area contributed by atoms with Crippen molar-refractivity contribution in [3.05, 3.63) is 35.0 Å². The van der Waals surface area contributed by atoms with Gasteiger partial charge in [-0.05, 0) is 45.1 Å². The van der Waals surface area contributed by atoms with Crippen LogP contribution < -0.4 is 10.1 Å². The SMILES string of the molecule is CCOc1ccnc(NCc2nc(C)c3c(n2)CCCC3)n1. The van der Waals surface area contributed by atoms with Crippen molar-refractivity contribution in [3.8, 4) is 5.88 Å². The van der Waals surface area contributed by atoms with Crippen LogP contribution in [0, 0.1) is 6.92 Å². The third kappa shape index (κ3) is 3.32. The van der Waals surface area contributed by atoms with E-state index in [0.29, 0.717) is 25.0 Å². The van der Waals surface area contributed by atoms with E-state index in [2.05, 4.69) is 32.2 Å². The second-order valence-corrected chi connectivity index (χ2v) is 5.36. The highest BCUT2D eigenvalue weighted by atomic mass is 16.5. The van der Waals surface area contributed by atoms with Crippen LogP contribution in [-0.4, -0.2) is 26.5 Å². The van der Waals surface area contributed by atoms with E-state index in [9.17, 15) is 0 Å². The number of hydrogen-bond acceptors (Lipinski definition) is 6. The van der Waals surface area contributed by atoms with Gasteiger partial charge in [0.15, 0.2) is 0 Å². The van der Waals surface area contributed by atoms with Crippen LogP contribution in [0.25, 0.3) is 0 Å². The molecular weight excluding hydrogens is 278 g/mol. The second-order valence-electron chi connectivity index (χ2n) is 5.36. The van der Waals surface area contributed by atoms with Crippen molar-refractivity contribution in [2.45, 2.75) is 46.1 Å². The zero-order chi connectivity index (χ0) is 15.4. The molecule has 0 spiro atoms. The van der Waals surface area contributed by atoms with Crippen molar-refractivity contribution in [1.29, 1.82) is 0 Å². The number of anilines is 1. The van der Waals surface area contributed by atoms with Crippen molar-refractivity contribution in [3.63, 3.8) is 0 Å². The summed E-state index contributed by atoms with van der Waals surface area (Å²) >= 11 is 0. The van der Waals surface area contributed by atoms with Gasteiger partial charge in [-0.25, -0.2) is 15.0 Å². The molecule has 0 atom stereocenters. The first-order valence-corrected chi connectivity index (χ1v) is 7.81. The molecule has 3 rings (SSSR count). The maximum absolute atomic E-state index is 5.37. The van der Waals surface area contributed by atoms with Gasteiger partial charge in [0.1, 0.15) is 5.82 Å². The van der Waals surface area contributed by atoms with E-state index in [1.54, 1.807) is 12.3 Å². The van der Waals surface area contributed by atoms with Crippen molar-refractivity contribution >= 4 is 5.95 Å². The normalized spacial score (nSPS) is 13.5. The molecule has 22 heavy (non-hydrogen) atoms. The minimum Gasteiger partial charge on any atom is -0.478 e. The average molecular weight is 299 g/mol. The van der Waals surface area contributed by atoms with Crippen LogP contribution in [-0.2, 0) is 19.4 Å². The van der Waals surface area contributed by atoms with E-state index in [-0.39, 0.29) is 0 Å². The smallest absolute Gasteiger partial charge is 0.226 e. The average Bonchev–Trinajstić information content (AvgIpc) is 2.54. The molecule has 0 aromatic carbocycles. The molecule has 2 aromatic heterocycles. The van der Waals surface area contributed by atoms with Crippen molar-refractivity contribution in [2.24, 2.45) is 0 Å². The highest BCUT2D eigenvalue weighted by Gasteiger charge is 2.15. The maximum Gasteiger partial charge on any atom is 0.226 e. The summed E-state index contributed by atoms with van der Waals surface area (Å²) in [5, 5.41) is 3.17. The maximum atomic E-state index is 5.37. The van der Waals surface area contributed by atoms with Gasteiger partial charge in [0.05, 0.1) is 13.2 Å². The third-order valence-electron chi connectivity index (χ3n) is 3.76. The molecule has 0 bridgehead atoms. The van der Waals surface area contributed by atoms with Gasteiger partial charge < -0.3 is 10.1 Å². The summed E-state index contributed by atoms with van der Waals surface area (Å²) in [6.45, 7) is 5.10. The topological polar surface area (TPSA) is 72.8 Å². The van der Waals surface area contributed by atoms with Crippen LogP contribution in [0.4, 0.5) is 5.95 Å². The summed E-state index contributed by atoms with van der Waals surface area (Å²) < 4.78 is 5.37. The lowest BCUT2D eigenvalue weighted by molar-refractivity contribution is 0.326. The molecule has 0 radical (unpaired) electrons. The van der Waals surface area contributed by atoms with Gasteiger partial charge in [-0.15, -0.1) is 0 Å². The predicted octanol–water partition coefficient (Wildman–Crippen LogP) is 2.46. The van der Waals surface area contributed by atoms with Gasteiger partial charge in [0.25, 0.3) is 0 Å². The molecule has 2 aromatic rings. The summed E-state index contributed by atoms with van der Waals surface area (Å²) in [6.07, 6.45) is 6.30. The van der Waals surface area contributed by atoms with E-state index in [4.69, 9.17) is 4.74 Å². The molecule has 0 aliphatic heterocycles. The molecule has 0 fully saturated rings. The number of aryl methyl sites for hydroxylation is 2. The number of fused-ring (bicyclic) bond motifs is 1. The fraction of sp³-hybridized carbons (Fsp3) is 0.500. The Hall–Kier alpha value is -2.24. The van der Waals surface area contributed by atoms with Crippen molar-refractivity contribution in [1.82, 2.24) is 19.9 Å². The van der Waals surface area contributed by atoms with Crippen molar-refractivity contribution in [2.75, 3.05) is 11.9 Å². The molecule has 1 aliphatic rings. The molecule has 6 nitrogen and oxygen atoms in total. The predicted molar refractivity (Wildman–Crippen MR) is 83.9 cm³/mol. The lowest BCUT2D eigenvalue weighted by Crippen LogP contribution is -2.14. The molecular formula is C16H21N5O. The number of nitrogens with one attached hydrogen (secondary N) is 1. The Kier molecular flexibility index (Phi) is 4.46. The zero-order valence-electron chi connectivity index (χ0n) is 13.1. The van der Waals surface area contributed by atoms with E-state index < -0.39 is 0 Å². The van der Waals surface area contributed by atoms with Gasteiger partial charge in [0.2, 0.25) is 11.8 Å². The summed E-state index contributed by atoms with van der Waals surface area (Å²) in [5.41, 5.74) is 3.65. The van der Waals surface area contributed by atoms with Gasteiger partial charge in [-0.2, -0.15) is 4.98 Å². The summed E-state index contributed by atoms with van der Waals surface area (Å²) in [6, 6.07) is 1.74. The molecule has 1 N–H and O–H groups in total. The molecule has 1 aliphatic carbocycles. The standard InChI is InChI=1S/C16H21N5O/c1-3-22-15-8-9-17-16(21-15)18-10-14-19-11(2)12-6-4-5-7-13(12)20-14/h8-9H,3-7,10H2,1-2H3,(H,17,18,21). The van der Waals surface area contributed by atoms with E-state index >= 15 is 0 Å². The van der Waals surface area contributed by atoms with Gasteiger partial charge >= 0.3 is 0 Å². The van der Waals surface area contributed by atoms with E-state index in [1.165, 1.54) is 24.1 Å². The summed E-state index contributed by atoms with van der Waals surface area (Å²) in [7, 11) is 0. The Morgan fingerprint density at radius 1 is 1.18 bits per heavy atom. The number of ether oxygens (including phenoxy) is 1. The molecule has 0 saturated heterocycles. The Labute approximate surface area is 130 Å². The lowest BCUT2D eigenvalue weighted by Gasteiger charge is -2.17. The number of aromatic nitrogens is 4. The van der Waals surface area contributed by atoms with Crippen LogP contribution in [0.15, 0.2) is 12.3 Å². The Bertz CT molecular complexity index is 659. The minimum absolute atomic E-state index is 0.518. The zero-order valence-corrected chi connectivity index (χ0v) is 13.1. The van der Waals surface area contributed by atoms with E-state index in [1.807, 2.05) is 6.92 Å². The number of nitrogens with zero attached hydrogens (tertiary/aromatic N) is 4. The fourth-order valence-corrected chi connectivity index (χ4v) is 2.74. The first-order chi connectivity index (χ1) is 10.8. The first-order valence-electron chi connectivity index (χ1n) is 7.81. The fourth-order valence-electron chi connectivity index (χ4n) is 2.74. The van der Waals surface area contributed by atoms with Crippen LogP contribution in [0.2, 0.25) is 0 Å². The van der Waals surface area contributed by atoms with Crippen LogP contribution in [0.1, 0.15) is 42.5 Å².